The van der Waals surface area contributed by atoms with Crippen molar-refractivity contribution in [1.82, 2.24) is 10.1 Å². The van der Waals surface area contributed by atoms with Gasteiger partial charge in [-0.15, -0.1) is 0 Å². The number of hydrogen-bond donors (Lipinski definition) is 2. The summed E-state index contributed by atoms with van der Waals surface area (Å²) in [7, 11) is 0. The van der Waals surface area contributed by atoms with Gasteiger partial charge in [0.1, 0.15) is 0 Å². The maximum Gasteiger partial charge on any atom is 0.0683 e. The van der Waals surface area contributed by atoms with E-state index < -0.39 is 0 Å². The molecular weight excluding hydrogens is 216 g/mol. The predicted octanol–water partition coefficient (Wildman–Crippen LogP) is 3.34. The van der Waals surface area contributed by atoms with Gasteiger partial charge in [-0.3, -0.25) is 10.4 Å². The van der Waals surface area contributed by atoms with Gasteiger partial charge in [-0.25, -0.2) is 10.1 Å². The summed E-state index contributed by atoms with van der Waals surface area (Å²) in [6.45, 7) is 0. The van der Waals surface area contributed by atoms with Crippen molar-refractivity contribution in [2.75, 3.05) is 0 Å². The average Bonchev–Trinajstić information content (AvgIpc) is 2.62. The Hall–Kier alpha value is -1.00. The molecule has 4 nitrogen and oxygen atoms in total. The number of allylic oxidation sites excluding steroid dienone is 4. The molecule has 0 bridgehead atoms. The molecule has 0 spiro atoms. The van der Waals surface area contributed by atoms with Crippen molar-refractivity contribution in [2.45, 2.75) is 57.8 Å². The molecule has 2 N–H and O–H groups in total. The van der Waals surface area contributed by atoms with E-state index in [0.29, 0.717) is 0 Å². The molecule has 0 atom stereocenters. The van der Waals surface area contributed by atoms with Crippen molar-refractivity contribution >= 4 is 0 Å². The van der Waals surface area contributed by atoms with E-state index in [2.05, 4.69) is 0 Å². The molecule has 3 rings (SSSR count). The van der Waals surface area contributed by atoms with E-state index in [4.69, 9.17) is 0 Å². The summed E-state index contributed by atoms with van der Waals surface area (Å²) >= 11 is 0. The summed E-state index contributed by atoms with van der Waals surface area (Å²) in [4.78, 5) is 0. The highest BCUT2D eigenvalue weighted by atomic mass is 16.5. The third-order valence-electron chi connectivity index (χ3n) is 4.09. The highest BCUT2D eigenvalue weighted by Crippen LogP contribution is 2.40. The highest BCUT2D eigenvalue weighted by molar-refractivity contribution is 5.29. The fourth-order valence-corrected chi connectivity index (χ4v) is 3.16. The topological polar surface area (TPSA) is 46.9 Å². The second-order valence-corrected chi connectivity index (χ2v) is 5.18. The van der Waals surface area contributed by atoms with Crippen molar-refractivity contribution in [2.24, 2.45) is 0 Å². The van der Waals surface area contributed by atoms with Crippen LogP contribution in [0.1, 0.15) is 57.8 Å². The summed E-state index contributed by atoms with van der Waals surface area (Å²) in [5.74, 6) is 0. The van der Waals surface area contributed by atoms with E-state index in [1.54, 1.807) is 0 Å². The molecule has 0 aromatic heterocycles. The lowest BCUT2D eigenvalue weighted by molar-refractivity contribution is -0.0868. The summed E-state index contributed by atoms with van der Waals surface area (Å²) in [6, 6.07) is 0. The zero-order valence-corrected chi connectivity index (χ0v) is 10.2. The molecule has 94 valence electrons. The summed E-state index contributed by atoms with van der Waals surface area (Å²) in [5, 5.41) is 23.4. The zero-order chi connectivity index (χ0) is 11.8. The molecule has 17 heavy (non-hydrogen) atoms. The Kier molecular flexibility index (Phi) is 2.84. The molecule has 0 amide bonds. The molecule has 2 aliphatic carbocycles. The molecule has 0 fully saturated rings. The Bertz CT molecular complexity index is 353. The smallest absolute Gasteiger partial charge is 0.0683 e. The fraction of sp³-hybridized carbons (Fsp3) is 0.692. The Morgan fingerprint density at radius 3 is 1.18 bits per heavy atom. The first-order valence-electron chi connectivity index (χ1n) is 6.71. The van der Waals surface area contributed by atoms with Crippen molar-refractivity contribution in [1.29, 1.82) is 0 Å². The van der Waals surface area contributed by atoms with Crippen LogP contribution in [-0.2, 0) is 0 Å². The molecule has 4 heteroatoms. The molecule has 0 saturated heterocycles. The quantitative estimate of drug-likeness (QED) is 0.677. The van der Waals surface area contributed by atoms with Gasteiger partial charge in [0.05, 0.1) is 22.8 Å². The number of hydrogen-bond acceptors (Lipinski definition) is 4. The van der Waals surface area contributed by atoms with Crippen LogP contribution in [0, 0.1) is 0 Å². The highest BCUT2D eigenvalue weighted by Gasteiger charge is 2.33. The summed E-state index contributed by atoms with van der Waals surface area (Å²) < 4.78 is 0. The second-order valence-electron chi connectivity index (χ2n) is 5.18. The van der Waals surface area contributed by atoms with Gasteiger partial charge < -0.3 is 0 Å². The third kappa shape index (κ3) is 1.76. The van der Waals surface area contributed by atoms with Crippen molar-refractivity contribution < 1.29 is 10.4 Å². The van der Waals surface area contributed by atoms with Crippen LogP contribution >= 0.6 is 0 Å². The van der Waals surface area contributed by atoms with Gasteiger partial charge in [0.15, 0.2) is 0 Å². The first kappa shape index (κ1) is 11.1. The zero-order valence-electron chi connectivity index (χ0n) is 10.2. The SMILES string of the molecule is ON1C2=C(CCCCC2)N(O)C2=C1CCCC2. The van der Waals surface area contributed by atoms with E-state index in [0.717, 1.165) is 74.2 Å². The normalized spacial score (nSPS) is 25.8. The van der Waals surface area contributed by atoms with E-state index in [1.165, 1.54) is 16.5 Å². The lowest BCUT2D eigenvalue weighted by Crippen LogP contribution is -2.35. The Morgan fingerprint density at radius 1 is 0.529 bits per heavy atom. The molecule has 1 heterocycles. The molecule has 0 saturated carbocycles. The predicted molar refractivity (Wildman–Crippen MR) is 62.9 cm³/mol. The lowest BCUT2D eigenvalue weighted by Gasteiger charge is -2.39. The van der Waals surface area contributed by atoms with Gasteiger partial charge in [-0.05, 0) is 51.4 Å². The summed E-state index contributed by atoms with van der Waals surface area (Å²) in [6.07, 6.45) is 9.09. The second kappa shape index (κ2) is 4.35. The van der Waals surface area contributed by atoms with E-state index in [1.807, 2.05) is 0 Å². The van der Waals surface area contributed by atoms with Crippen LogP contribution in [0.5, 0.6) is 0 Å². The maximum absolute atomic E-state index is 10.3. The number of rotatable bonds is 0. The molecule has 1 aliphatic heterocycles. The van der Waals surface area contributed by atoms with Crippen molar-refractivity contribution in [3.8, 4) is 0 Å². The third-order valence-corrected chi connectivity index (χ3v) is 4.09. The van der Waals surface area contributed by atoms with Gasteiger partial charge in [0.25, 0.3) is 0 Å². The molecule has 0 aromatic rings. The van der Waals surface area contributed by atoms with E-state index in [9.17, 15) is 10.4 Å². The number of nitrogens with zero attached hydrogens (tertiary/aromatic N) is 2. The first-order chi connectivity index (χ1) is 8.29. The monoisotopic (exact) mass is 236 g/mol. The minimum Gasteiger partial charge on any atom is -0.284 e. The molecular formula is C13H20N2O2. The Labute approximate surface area is 102 Å². The lowest BCUT2D eigenvalue weighted by atomic mass is 9.97. The Morgan fingerprint density at radius 2 is 0.824 bits per heavy atom. The van der Waals surface area contributed by atoms with Gasteiger partial charge in [0, 0.05) is 0 Å². The van der Waals surface area contributed by atoms with Crippen LogP contribution in [0.25, 0.3) is 0 Å². The van der Waals surface area contributed by atoms with Gasteiger partial charge in [-0.2, -0.15) is 0 Å². The molecule has 0 aromatic carbocycles. The van der Waals surface area contributed by atoms with Crippen molar-refractivity contribution in [3.63, 3.8) is 0 Å². The minimum absolute atomic E-state index is 0.875. The van der Waals surface area contributed by atoms with Crippen LogP contribution in [-0.4, -0.2) is 20.5 Å². The molecule has 0 radical (unpaired) electrons. The average molecular weight is 236 g/mol. The van der Waals surface area contributed by atoms with Crippen molar-refractivity contribution in [3.05, 3.63) is 22.8 Å². The first-order valence-corrected chi connectivity index (χ1v) is 6.71. The van der Waals surface area contributed by atoms with Crippen LogP contribution in [0.4, 0.5) is 0 Å². The fourth-order valence-electron chi connectivity index (χ4n) is 3.16. The van der Waals surface area contributed by atoms with Crippen LogP contribution in [0.15, 0.2) is 22.8 Å². The molecule has 3 aliphatic rings. The number of hydroxylamine groups is 4. The van der Waals surface area contributed by atoms with Crippen LogP contribution in [0.3, 0.4) is 0 Å². The Balaban J connectivity index is 1.98. The maximum atomic E-state index is 10.3. The van der Waals surface area contributed by atoms with Gasteiger partial charge in [0.2, 0.25) is 0 Å². The van der Waals surface area contributed by atoms with Gasteiger partial charge in [-0.1, -0.05) is 6.42 Å². The molecule has 0 unspecified atom stereocenters. The van der Waals surface area contributed by atoms with Crippen LogP contribution < -0.4 is 0 Å². The van der Waals surface area contributed by atoms with E-state index >= 15 is 0 Å². The summed E-state index contributed by atoms with van der Waals surface area (Å²) in [5.41, 5.74) is 3.68. The van der Waals surface area contributed by atoms with E-state index in [-0.39, 0.29) is 0 Å². The minimum atomic E-state index is 0.875. The largest absolute Gasteiger partial charge is 0.284 e. The standard InChI is InChI=1S/C13H20N2O2/c16-14-10-6-2-1-3-7-11(10)15(17)13-9-5-4-8-12(13)14/h16-17H,1-9H2. The van der Waals surface area contributed by atoms with Gasteiger partial charge >= 0.3 is 0 Å². The van der Waals surface area contributed by atoms with Crippen LogP contribution in [0.2, 0.25) is 0 Å².